The molecular weight excluding hydrogens is 436 g/mol. The van der Waals surface area contributed by atoms with Crippen LogP contribution in [0.15, 0.2) is 67.2 Å². The Bertz CT molecular complexity index is 1190. The number of rotatable bonds is 6. The van der Waals surface area contributed by atoms with Crippen LogP contribution in [0.1, 0.15) is 51.5 Å². The zero-order chi connectivity index (χ0) is 23.5. The molecule has 5 nitrogen and oxygen atoms in total. The van der Waals surface area contributed by atoms with Crippen LogP contribution in [0, 0.1) is 6.92 Å². The molecule has 3 aromatic rings. The largest absolute Gasteiger partial charge is 0.507 e. The first-order valence-electron chi connectivity index (χ1n) is 10.9. The number of aryl methyl sites for hydroxylation is 1. The number of nitrogens with zero attached hydrogens (tertiary/aromatic N) is 1. The summed E-state index contributed by atoms with van der Waals surface area (Å²) in [5.74, 6) is -0.333. The third-order valence-electron chi connectivity index (χ3n) is 6.16. The maximum absolute atomic E-state index is 12.7. The summed E-state index contributed by atoms with van der Waals surface area (Å²) >= 11 is 6.07. The summed E-state index contributed by atoms with van der Waals surface area (Å²) in [4.78, 5) is 14.8. The number of aromatic hydroxyl groups is 2. The predicted molar refractivity (Wildman–Crippen MR) is 131 cm³/mol. The maximum Gasteiger partial charge on any atom is 0.251 e. The van der Waals surface area contributed by atoms with Gasteiger partial charge in [-0.3, -0.25) is 4.79 Å². The molecule has 0 aliphatic carbocycles. The van der Waals surface area contributed by atoms with E-state index in [0.29, 0.717) is 23.4 Å². The standard InChI is InChI=1S/C27H27ClN2O3/c1-17-13-20(27(33)29-16-19-7-4-3-5-8-19)10-11-21(17)24-9-6-12-30(24)18(2)22-14-23(28)26(32)15-25(22)31/h3-5,7-8,10-11,13-15,24,31-32H,2,6,9,12,16H2,1H3,(H,29,33). The van der Waals surface area contributed by atoms with E-state index in [1.165, 1.54) is 12.1 Å². The van der Waals surface area contributed by atoms with Gasteiger partial charge in [0.05, 0.1) is 11.1 Å². The molecule has 1 saturated heterocycles. The van der Waals surface area contributed by atoms with Gasteiger partial charge in [0.1, 0.15) is 11.5 Å². The molecule has 1 aliphatic heterocycles. The molecule has 170 valence electrons. The zero-order valence-electron chi connectivity index (χ0n) is 18.5. The molecule has 33 heavy (non-hydrogen) atoms. The van der Waals surface area contributed by atoms with Crippen LogP contribution in [0.3, 0.4) is 0 Å². The minimum absolute atomic E-state index is 0.0605. The van der Waals surface area contributed by atoms with Crippen LogP contribution in [0.2, 0.25) is 5.02 Å². The lowest BCUT2D eigenvalue weighted by molar-refractivity contribution is 0.0950. The molecule has 1 aliphatic rings. The smallest absolute Gasteiger partial charge is 0.251 e. The van der Waals surface area contributed by atoms with E-state index in [4.69, 9.17) is 11.6 Å². The van der Waals surface area contributed by atoms with E-state index in [0.717, 1.165) is 36.1 Å². The molecule has 0 bridgehead atoms. The van der Waals surface area contributed by atoms with Crippen LogP contribution in [-0.4, -0.2) is 27.6 Å². The first-order valence-corrected chi connectivity index (χ1v) is 11.3. The Labute approximate surface area is 198 Å². The van der Waals surface area contributed by atoms with Crippen LogP contribution in [0.5, 0.6) is 11.5 Å². The molecule has 0 spiro atoms. The Hall–Kier alpha value is -3.44. The van der Waals surface area contributed by atoms with Crippen LogP contribution >= 0.6 is 11.6 Å². The van der Waals surface area contributed by atoms with Crippen molar-refractivity contribution in [3.63, 3.8) is 0 Å². The highest BCUT2D eigenvalue weighted by Crippen LogP contribution is 2.42. The molecule has 6 heteroatoms. The van der Waals surface area contributed by atoms with Crippen molar-refractivity contribution in [3.05, 3.63) is 100 Å². The minimum Gasteiger partial charge on any atom is -0.507 e. The third-order valence-corrected chi connectivity index (χ3v) is 6.47. The van der Waals surface area contributed by atoms with Crippen LogP contribution in [0.25, 0.3) is 5.70 Å². The lowest BCUT2D eigenvalue weighted by Gasteiger charge is -2.30. The Morgan fingerprint density at radius 3 is 2.61 bits per heavy atom. The fourth-order valence-electron chi connectivity index (χ4n) is 4.42. The van der Waals surface area contributed by atoms with E-state index in [1.807, 2.05) is 55.5 Å². The molecule has 1 amide bonds. The second-order valence-corrected chi connectivity index (χ2v) is 8.77. The van der Waals surface area contributed by atoms with Crippen molar-refractivity contribution in [2.45, 2.75) is 32.4 Å². The van der Waals surface area contributed by atoms with Gasteiger partial charge in [-0.2, -0.15) is 0 Å². The number of likely N-dealkylation sites (tertiary alicyclic amines) is 1. The molecule has 3 aromatic carbocycles. The number of amides is 1. The van der Waals surface area contributed by atoms with Crippen molar-refractivity contribution in [2.75, 3.05) is 6.54 Å². The first kappa shape index (κ1) is 22.7. The molecule has 1 unspecified atom stereocenters. The van der Waals surface area contributed by atoms with Crippen molar-refractivity contribution in [1.29, 1.82) is 0 Å². The molecule has 1 fully saturated rings. The van der Waals surface area contributed by atoms with Crippen LogP contribution < -0.4 is 5.32 Å². The first-order chi connectivity index (χ1) is 15.8. The summed E-state index contributed by atoms with van der Waals surface area (Å²) in [6.45, 7) is 7.49. The van der Waals surface area contributed by atoms with Gasteiger partial charge in [0.25, 0.3) is 5.91 Å². The molecule has 4 rings (SSSR count). The van der Waals surface area contributed by atoms with Crippen molar-refractivity contribution in [1.82, 2.24) is 10.2 Å². The average molecular weight is 463 g/mol. The normalized spacial score (nSPS) is 15.5. The van der Waals surface area contributed by atoms with Gasteiger partial charge < -0.3 is 20.4 Å². The number of hydrogen-bond acceptors (Lipinski definition) is 4. The van der Waals surface area contributed by atoms with Crippen LogP contribution in [0.4, 0.5) is 0 Å². The number of halogens is 1. The van der Waals surface area contributed by atoms with E-state index < -0.39 is 0 Å². The summed E-state index contributed by atoms with van der Waals surface area (Å²) in [6.07, 6.45) is 1.92. The zero-order valence-corrected chi connectivity index (χ0v) is 19.3. The van der Waals surface area contributed by atoms with Gasteiger partial charge in [0.15, 0.2) is 0 Å². The maximum atomic E-state index is 12.7. The highest BCUT2D eigenvalue weighted by atomic mass is 35.5. The molecule has 0 aromatic heterocycles. The van der Waals surface area contributed by atoms with Crippen molar-refractivity contribution in [3.8, 4) is 11.5 Å². The molecule has 1 atom stereocenters. The molecule has 0 radical (unpaired) electrons. The van der Waals surface area contributed by atoms with Gasteiger partial charge in [-0.05, 0) is 54.7 Å². The number of phenolic OH excluding ortho intramolecular Hbond substituents is 2. The fraction of sp³-hybridized carbons (Fsp3) is 0.222. The molecule has 1 heterocycles. The lowest BCUT2D eigenvalue weighted by atomic mass is 9.96. The van der Waals surface area contributed by atoms with E-state index in [9.17, 15) is 15.0 Å². The summed E-state index contributed by atoms with van der Waals surface area (Å²) in [7, 11) is 0. The number of phenols is 2. The quantitative estimate of drug-likeness (QED) is 0.433. The van der Waals surface area contributed by atoms with Gasteiger partial charge in [-0.25, -0.2) is 0 Å². The van der Waals surface area contributed by atoms with Gasteiger partial charge in [-0.1, -0.05) is 54.6 Å². The van der Waals surface area contributed by atoms with E-state index in [-0.39, 0.29) is 28.5 Å². The Morgan fingerprint density at radius 1 is 1.12 bits per heavy atom. The predicted octanol–water partition coefficient (Wildman–Crippen LogP) is 5.80. The van der Waals surface area contributed by atoms with Crippen LogP contribution in [-0.2, 0) is 6.54 Å². The Kier molecular flexibility index (Phi) is 6.61. The average Bonchev–Trinajstić information content (AvgIpc) is 3.29. The molecule has 0 saturated carbocycles. The van der Waals surface area contributed by atoms with E-state index in [1.54, 1.807) is 0 Å². The summed E-state index contributed by atoms with van der Waals surface area (Å²) in [5.41, 5.74) is 4.98. The number of benzene rings is 3. The summed E-state index contributed by atoms with van der Waals surface area (Å²) in [6, 6.07) is 18.5. The summed E-state index contributed by atoms with van der Waals surface area (Å²) < 4.78 is 0. The topological polar surface area (TPSA) is 72.8 Å². The number of nitrogens with one attached hydrogen (secondary N) is 1. The highest BCUT2D eigenvalue weighted by Gasteiger charge is 2.30. The number of carbonyl (C=O) groups excluding carboxylic acids is 1. The Morgan fingerprint density at radius 2 is 1.88 bits per heavy atom. The SMILES string of the molecule is C=C(c1cc(Cl)c(O)cc1O)N1CCCC1c1ccc(C(=O)NCc2ccccc2)cc1C. The number of carbonyl (C=O) groups is 1. The molecule has 3 N–H and O–H groups in total. The van der Waals surface area contributed by atoms with Gasteiger partial charge in [-0.15, -0.1) is 0 Å². The van der Waals surface area contributed by atoms with E-state index in [2.05, 4.69) is 16.8 Å². The number of hydrogen-bond donors (Lipinski definition) is 3. The highest BCUT2D eigenvalue weighted by molar-refractivity contribution is 6.32. The second kappa shape index (κ2) is 9.59. The minimum atomic E-state index is -0.166. The fourth-order valence-corrected chi connectivity index (χ4v) is 4.58. The summed E-state index contributed by atoms with van der Waals surface area (Å²) in [5, 5.41) is 23.2. The van der Waals surface area contributed by atoms with Gasteiger partial charge in [0, 0.05) is 36.0 Å². The lowest BCUT2D eigenvalue weighted by Crippen LogP contribution is -2.24. The van der Waals surface area contributed by atoms with Crippen molar-refractivity contribution in [2.24, 2.45) is 0 Å². The van der Waals surface area contributed by atoms with Crippen molar-refractivity contribution < 1.29 is 15.0 Å². The van der Waals surface area contributed by atoms with Gasteiger partial charge >= 0.3 is 0 Å². The van der Waals surface area contributed by atoms with Crippen molar-refractivity contribution >= 4 is 23.2 Å². The Balaban J connectivity index is 1.52. The van der Waals surface area contributed by atoms with E-state index >= 15 is 0 Å². The molecular formula is C27H27ClN2O3. The monoisotopic (exact) mass is 462 g/mol. The van der Waals surface area contributed by atoms with Gasteiger partial charge in [0.2, 0.25) is 0 Å². The third kappa shape index (κ3) is 4.83. The second-order valence-electron chi connectivity index (χ2n) is 8.36.